The second-order valence-corrected chi connectivity index (χ2v) is 5.73. The molecule has 0 aliphatic carbocycles. The number of rotatable bonds is 1. The van der Waals surface area contributed by atoms with E-state index >= 15 is 0 Å². The van der Waals surface area contributed by atoms with Gasteiger partial charge >= 0.3 is 0 Å². The van der Waals surface area contributed by atoms with E-state index in [1.807, 2.05) is 6.92 Å². The average molecular weight is 321 g/mol. The minimum Gasteiger partial charge on any atom is -0.332 e. The maximum Gasteiger partial charge on any atom is 0.161 e. The van der Waals surface area contributed by atoms with Gasteiger partial charge in [0.05, 0.1) is 16.2 Å². The normalized spacial score (nSPS) is 20.0. The molecular formula is C11H11BrF2N2S. The van der Waals surface area contributed by atoms with Gasteiger partial charge in [-0.15, -0.1) is 0 Å². The first-order chi connectivity index (χ1) is 8.06. The van der Waals surface area contributed by atoms with E-state index in [-0.39, 0.29) is 16.2 Å². The Balaban J connectivity index is 2.21. The Hall–Kier alpha value is -0.620. The van der Waals surface area contributed by atoms with E-state index in [0.717, 1.165) is 24.3 Å². The first kappa shape index (κ1) is 12.8. The highest BCUT2D eigenvalue weighted by atomic mass is 79.9. The van der Waals surface area contributed by atoms with Gasteiger partial charge in [0.15, 0.2) is 5.17 Å². The predicted molar refractivity (Wildman–Crippen MR) is 71.7 cm³/mol. The van der Waals surface area contributed by atoms with Crippen molar-refractivity contribution in [2.75, 3.05) is 11.1 Å². The summed E-state index contributed by atoms with van der Waals surface area (Å²) in [5, 5.41) is 3.47. The number of hydrogen-bond acceptors (Lipinski definition) is 3. The minimum absolute atomic E-state index is 0.117. The zero-order valence-electron chi connectivity index (χ0n) is 9.14. The molecule has 2 rings (SSSR count). The molecular weight excluding hydrogens is 310 g/mol. The zero-order valence-corrected chi connectivity index (χ0v) is 11.5. The molecule has 1 aromatic carbocycles. The van der Waals surface area contributed by atoms with Crippen molar-refractivity contribution in [1.29, 1.82) is 0 Å². The third-order valence-corrected chi connectivity index (χ3v) is 3.89. The predicted octanol–water partition coefficient (Wildman–Crippen LogP) is 4.02. The summed E-state index contributed by atoms with van der Waals surface area (Å²) in [6, 6.07) is 2.46. The standard InChI is InChI=1S/C11H11BrF2N2S/c1-6-2-3-17-11(15-6)16-10-5-8(13)7(12)4-9(10)14/h4-6H,2-3H2,1H3,(H,15,16). The third kappa shape index (κ3) is 3.19. The molecule has 0 spiro atoms. The number of nitrogens with one attached hydrogen (secondary N) is 1. The van der Waals surface area contributed by atoms with Crippen LogP contribution in [0, 0.1) is 11.6 Å². The van der Waals surface area contributed by atoms with Crippen LogP contribution in [0.4, 0.5) is 14.5 Å². The molecule has 2 nitrogen and oxygen atoms in total. The Morgan fingerprint density at radius 1 is 1.41 bits per heavy atom. The maximum atomic E-state index is 13.6. The number of benzene rings is 1. The van der Waals surface area contributed by atoms with E-state index in [4.69, 9.17) is 0 Å². The van der Waals surface area contributed by atoms with Crippen LogP contribution in [0.25, 0.3) is 0 Å². The van der Waals surface area contributed by atoms with Crippen LogP contribution in [-0.2, 0) is 0 Å². The Morgan fingerprint density at radius 3 is 2.88 bits per heavy atom. The average Bonchev–Trinajstić information content (AvgIpc) is 2.26. The summed E-state index contributed by atoms with van der Waals surface area (Å²) in [6.07, 6.45) is 1.01. The van der Waals surface area contributed by atoms with Crippen molar-refractivity contribution in [1.82, 2.24) is 0 Å². The molecule has 1 aliphatic heterocycles. The lowest BCUT2D eigenvalue weighted by atomic mass is 10.3. The van der Waals surface area contributed by atoms with Crippen molar-refractivity contribution in [3.8, 4) is 0 Å². The lowest BCUT2D eigenvalue weighted by molar-refractivity contribution is 0.598. The van der Waals surface area contributed by atoms with E-state index in [0.29, 0.717) is 5.17 Å². The van der Waals surface area contributed by atoms with Crippen LogP contribution >= 0.6 is 27.7 Å². The Morgan fingerprint density at radius 2 is 2.18 bits per heavy atom. The maximum absolute atomic E-state index is 13.6. The summed E-state index contributed by atoms with van der Waals surface area (Å²) >= 11 is 4.46. The van der Waals surface area contributed by atoms with Gasteiger partial charge in [-0.3, -0.25) is 4.99 Å². The van der Waals surface area contributed by atoms with Crippen molar-refractivity contribution < 1.29 is 8.78 Å². The van der Waals surface area contributed by atoms with Gasteiger partial charge in [0.1, 0.15) is 11.6 Å². The number of hydrogen-bond donors (Lipinski definition) is 1. The highest BCUT2D eigenvalue weighted by molar-refractivity contribution is 9.10. The zero-order chi connectivity index (χ0) is 12.4. The second kappa shape index (κ2) is 5.35. The van der Waals surface area contributed by atoms with E-state index < -0.39 is 11.6 Å². The SMILES string of the molecule is CC1CCSC(Nc2cc(F)c(Br)cc2F)=N1. The third-order valence-electron chi connectivity index (χ3n) is 2.36. The minimum atomic E-state index is -0.500. The number of thioether (sulfide) groups is 1. The molecule has 1 unspecified atom stereocenters. The van der Waals surface area contributed by atoms with E-state index in [9.17, 15) is 8.78 Å². The Kier molecular flexibility index (Phi) is 4.04. The van der Waals surface area contributed by atoms with E-state index in [2.05, 4.69) is 26.2 Å². The van der Waals surface area contributed by atoms with Gasteiger partial charge in [0, 0.05) is 11.8 Å². The van der Waals surface area contributed by atoms with Crippen molar-refractivity contribution in [2.24, 2.45) is 4.99 Å². The highest BCUT2D eigenvalue weighted by Gasteiger charge is 2.14. The summed E-state index contributed by atoms with van der Waals surface area (Å²) in [5.41, 5.74) is 0.117. The van der Waals surface area contributed by atoms with Gasteiger partial charge in [0.2, 0.25) is 0 Å². The molecule has 6 heteroatoms. The first-order valence-electron chi connectivity index (χ1n) is 5.18. The second-order valence-electron chi connectivity index (χ2n) is 3.79. The molecule has 0 saturated carbocycles. The fraction of sp³-hybridized carbons (Fsp3) is 0.364. The summed E-state index contributed by atoms with van der Waals surface area (Å²) in [7, 11) is 0. The molecule has 1 atom stereocenters. The van der Waals surface area contributed by atoms with Crippen LogP contribution in [0.1, 0.15) is 13.3 Å². The van der Waals surface area contributed by atoms with Crippen LogP contribution in [0.5, 0.6) is 0 Å². The molecule has 17 heavy (non-hydrogen) atoms. The van der Waals surface area contributed by atoms with Crippen LogP contribution < -0.4 is 5.32 Å². The summed E-state index contributed by atoms with van der Waals surface area (Å²) in [5.74, 6) is -0.0590. The van der Waals surface area contributed by atoms with Crippen LogP contribution in [0.2, 0.25) is 0 Å². The molecule has 0 aromatic heterocycles. The Bertz CT molecular complexity index is 465. The molecule has 1 aromatic rings. The van der Waals surface area contributed by atoms with Crippen molar-refractivity contribution in [2.45, 2.75) is 19.4 Å². The van der Waals surface area contributed by atoms with Gasteiger partial charge in [-0.25, -0.2) is 8.78 Å². The summed E-state index contributed by atoms with van der Waals surface area (Å²) in [4.78, 5) is 4.34. The smallest absolute Gasteiger partial charge is 0.161 e. The number of halogens is 3. The van der Waals surface area contributed by atoms with E-state index in [1.54, 1.807) is 0 Å². The van der Waals surface area contributed by atoms with Gasteiger partial charge in [-0.1, -0.05) is 11.8 Å². The van der Waals surface area contributed by atoms with Crippen molar-refractivity contribution in [3.63, 3.8) is 0 Å². The molecule has 1 heterocycles. The highest BCUT2D eigenvalue weighted by Crippen LogP contribution is 2.25. The Labute approximate surface area is 111 Å². The van der Waals surface area contributed by atoms with Crippen molar-refractivity contribution in [3.05, 3.63) is 28.2 Å². The molecule has 1 aliphatic rings. The lowest BCUT2D eigenvalue weighted by Crippen LogP contribution is -2.18. The van der Waals surface area contributed by atoms with Crippen LogP contribution in [0.15, 0.2) is 21.6 Å². The number of amidine groups is 1. The van der Waals surface area contributed by atoms with Gasteiger partial charge in [-0.2, -0.15) is 0 Å². The fourth-order valence-electron chi connectivity index (χ4n) is 1.43. The van der Waals surface area contributed by atoms with Gasteiger partial charge < -0.3 is 5.32 Å². The topological polar surface area (TPSA) is 24.4 Å². The van der Waals surface area contributed by atoms with Crippen LogP contribution in [-0.4, -0.2) is 17.0 Å². The summed E-state index contributed by atoms with van der Waals surface area (Å²) in [6.45, 7) is 2.00. The van der Waals surface area contributed by atoms with Crippen LogP contribution in [0.3, 0.4) is 0 Å². The van der Waals surface area contributed by atoms with Gasteiger partial charge in [-0.05, 0) is 35.3 Å². The summed E-state index contributed by atoms with van der Waals surface area (Å²) < 4.78 is 27.0. The molecule has 0 amide bonds. The quantitative estimate of drug-likeness (QED) is 0.790. The largest absolute Gasteiger partial charge is 0.332 e. The number of anilines is 1. The fourth-order valence-corrected chi connectivity index (χ4v) is 2.83. The monoisotopic (exact) mass is 320 g/mol. The number of nitrogens with zero attached hydrogens (tertiary/aromatic N) is 1. The first-order valence-corrected chi connectivity index (χ1v) is 6.96. The van der Waals surface area contributed by atoms with Gasteiger partial charge in [0.25, 0.3) is 0 Å². The molecule has 92 valence electrons. The molecule has 0 fully saturated rings. The lowest BCUT2D eigenvalue weighted by Gasteiger charge is -2.18. The van der Waals surface area contributed by atoms with Crippen molar-refractivity contribution >= 4 is 38.5 Å². The molecule has 1 N–H and O–H groups in total. The molecule has 0 saturated heterocycles. The molecule has 0 bridgehead atoms. The number of aliphatic imine (C=N–C) groups is 1. The molecule has 0 radical (unpaired) electrons. The van der Waals surface area contributed by atoms with E-state index in [1.165, 1.54) is 11.8 Å².